The molecule has 1 saturated heterocycles. The Kier molecular flexibility index (Phi) is 6.11. The van der Waals surface area contributed by atoms with Gasteiger partial charge in [-0.3, -0.25) is 0 Å². The first kappa shape index (κ1) is 25.9. The predicted molar refractivity (Wildman–Crippen MR) is 108 cm³/mol. The Morgan fingerprint density at radius 2 is 1.81 bits per heavy atom. The number of anilines is 1. The number of rotatable bonds is 5. The van der Waals surface area contributed by atoms with Crippen LogP contribution in [-0.4, -0.2) is 77.4 Å². The second-order valence-electron chi connectivity index (χ2n) is 7.36. The highest BCUT2D eigenvalue weighted by molar-refractivity contribution is 7.90. The molecule has 0 bridgehead atoms. The summed E-state index contributed by atoms with van der Waals surface area (Å²) in [7, 11) is -12.2. The highest BCUT2D eigenvalue weighted by atomic mass is 32.2. The third kappa shape index (κ3) is 4.32. The molecule has 12 nitrogen and oxygen atoms in total. The van der Waals surface area contributed by atoms with E-state index in [1.54, 1.807) is 6.92 Å². The summed E-state index contributed by atoms with van der Waals surface area (Å²) >= 11 is 0. The second kappa shape index (κ2) is 8.47. The van der Waals surface area contributed by atoms with Gasteiger partial charge in [0.1, 0.15) is 11.2 Å². The number of nitrogens with zero attached hydrogens (tertiary/aromatic N) is 6. The molecule has 198 valence electrons. The first-order valence-corrected chi connectivity index (χ1v) is 12.5. The predicted octanol–water partition coefficient (Wildman–Crippen LogP) is 1.74. The van der Waals surface area contributed by atoms with Gasteiger partial charge in [-0.25, -0.2) is 9.50 Å². The minimum Gasteiger partial charge on any atom is -0.377 e. The Balaban J connectivity index is 1.96. The number of hydrogen-bond donors (Lipinski definition) is 0. The van der Waals surface area contributed by atoms with E-state index in [9.17, 15) is 43.2 Å². The maximum absolute atomic E-state index is 13.1. The Bertz CT molecular complexity index is 1510. The topological polar surface area (TPSA) is 138 Å². The molecule has 1 aliphatic heterocycles. The summed E-state index contributed by atoms with van der Waals surface area (Å²) in [5.41, 5.74) is -12.8. The summed E-state index contributed by atoms with van der Waals surface area (Å²) in [5.74, 6) is -1.65. The smallest absolute Gasteiger partial charge is 0.377 e. The maximum Gasteiger partial charge on any atom is 0.534 e. The average molecular weight is 564 g/mol. The van der Waals surface area contributed by atoms with Gasteiger partial charge in [0, 0.05) is 12.6 Å². The van der Waals surface area contributed by atoms with Gasteiger partial charge >= 0.3 is 31.2 Å². The molecule has 0 unspecified atom stereocenters. The number of hydrogen-bond acceptors (Lipinski definition) is 10. The zero-order valence-electron chi connectivity index (χ0n) is 17.7. The summed E-state index contributed by atoms with van der Waals surface area (Å²) in [6.45, 7) is 2.17. The van der Waals surface area contributed by atoms with Gasteiger partial charge in [0.15, 0.2) is 17.4 Å². The number of fused-ring (bicyclic) bond motifs is 1. The fraction of sp³-hybridized carbons (Fsp3) is 0.438. The molecule has 1 atom stereocenters. The molecule has 0 N–H and O–H groups in total. The van der Waals surface area contributed by atoms with Crippen LogP contribution in [-0.2, 0) is 24.9 Å². The summed E-state index contributed by atoms with van der Waals surface area (Å²) < 4.78 is 136. The van der Waals surface area contributed by atoms with Crippen molar-refractivity contribution in [3.63, 3.8) is 0 Å². The van der Waals surface area contributed by atoms with Crippen molar-refractivity contribution in [2.75, 3.05) is 24.7 Å². The molecule has 4 heterocycles. The molecule has 0 amide bonds. The lowest BCUT2D eigenvalue weighted by Crippen LogP contribution is -2.44. The van der Waals surface area contributed by atoms with Crippen molar-refractivity contribution in [3.05, 3.63) is 24.5 Å². The number of morpholine rings is 1. The molecule has 3 aromatic heterocycles. The molecule has 1 fully saturated rings. The zero-order valence-corrected chi connectivity index (χ0v) is 19.4. The van der Waals surface area contributed by atoms with Crippen molar-refractivity contribution in [3.8, 4) is 17.3 Å². The van der Waals surface area contributed by atoms with E-state index in [0.29, 0.717) is 4.52 Å². The van der Waals surface area contributed by atoms with Crippen LogP contribution in [0.5, 0.6) is 5.75 Å². The van der Waals surface area contributed by atoms with E-state index in [4.69, 9.17) is 4.74 Å². The first-order chi connectivity index (χ1) is 16.5. The lowest BCUT2D eigenvalue weighted by molar-refractivity contribution is -0.0500. The number of alkyl halides is 6. The van der Waals surface area contributed by atoms with Crippen LogP contribution in [0.4, 0.5) is 32.2 Å². The largest absolute Gasteiger partial charge is 0.534 e. The molecular formula is C16H14F6N6O6S2. The van der Waals surface area contributed by atoms with Gasteiger partial charge in [0.2, 0.25) is 0 Å². The second-order valence-corrected chi connectivity index (χ2v) is 10.7. The van der Waals surface area contributed by atoms with Crippen LogP contribution in [0.2, 0.25) is 0 Å². The highest BCUT2D eigenvalue weighted by Gasteiger charge is 2.50. The third-order valence-corrected chi connectivity index (χ3v) is 7.25. The van der Waals surface area contributed by atoms with Gasteiger partial charge in [-0.15, -0.1) is 9.19 Å². The fourth-order valence-electron chi connectivity index (χ4n) is 3.29. The van der Waals surface area contributed by atoms with Crippen molar-refractivity contribution in [1.82, 2.24) is 23.8 Å². The van der Waals surface area contributed by atoms with Crippen molar-refractivity contribution in [2.24, 2.45) is 0 Å². The number of ether oxygens (including phenoxy) is 1. The van der Waals surface area contributed by atoms with Gasteiger partial charge in [-0.05, 0) is 13.0 Å². The number of imidazole rings is 1. The van der Waals surface area contributed by atoms with E-state index in [-0.39, 0.29) is 29.7 Å². The summed E-state index contributed by atoms with van der Waals surface area (Å²) in [6, 6.07) is 1.32. The molecule has 4 rings (SSSR count). The van der Waals surface area contributed by atoms with E-state index < -0.39 is 60.0 Å². The summed E-state index contributed by atoms with van der Waals surface area (Å²) in [4.78, 5) is 5.28. The van der Waals surface area contributed by atoms with Crippen LogP contribution in [0.1, 0.15) is 6.92 Å². The van der Waals surface area contributed by atoms with E-state index >= 15 is 0 Å². The van der Waals surface area contributed by atoms with Gasteiger partial charge in [0.05, 0.1) is 31.6 Å². The molecule has 3 aromatic rings. The average Bonchev–Trinajstić information content (AvgIpc) is 3.39. The van der Waals surface area contributed by atoms with Crippen molar-refractivity contribution in [2.45, 2.75) is 24.0 Å². The Labute approximate surface area is 198 Å². The first-order valence-electron chi connectivity index (χ1n) is 9.65. The molecule has 0 spiro atoms. The van der Waals surface area contributed by atoms with Crippen molar-refractivity contribution < 1.29 is 52.1 Å². The van der Waals surface area contributed by atoms with E-state index in [0.717, 1.165) is 24.5 Å². The highest BCUT2D eigenvalue weighted by Crippen LogP contribution is 2.35. The van der Waals surface area contributed by atoms with E-state index in [2.05, 4.69) is 19.4 Å². The molecule has 20 heteroatoms. The monoisotopic (exact) mass is 564 g/mol. The van der Waals surface area contributed by atoms with Gasteiger partial charge in [0.25, 0.3) is 0 Å². The van der Waals surface area contributed by atoms with Crippen molar-refractivity contribution >= 4 is 31.5 Å². The summed E-state index contributed by atoms with van der Waals surface area (Å²) in [5, 5.41) is 7.34. The summed E-state index contributed by atoms with van der Waals surface area (Å²) in [6.07, 6.45) is 1.48. The van der Waals surface area contributed by atoms with Crippen LogP contribution >= 0.6 is 0 Å². The molecule has 1 aliphatic rings. The van der Waals surface area contributed by atoms with E-state index in [1.165, 1.54) is 4.90 Å². The molecular weight excluding hydrogens is 550 g/mol. The molecule has 0 saturated carbocycles. The lowest BCUT2D eigenvalue weighted by Gasteiger charge is -2.34. The Morgan fingerprint density at radius 1 is 1.11 bits per heavy atom. The molecule has 36 heavy (non-hydrogen) atoms. The quantitative estimate of drug-likeness (QED) is 0.256. The fourth-order valence-corrected chi connectivity index (χ4v) is 4.53. The van der Waals surface area contributed by atoms with Crippen LogP contribution in [0, 0.1) is 0 Å². The molecule has 0 aliphatic carbocycles. The van der Waals surface area contributed by atoms with Crippen LogP contribution < -0.4 is 9.08 Å². The Morgan fingerprint density at radius 3 is 2.42 bits per heavy atom. The van der Waals surface area contributed by atoms with Crippen LogP contribution in [0.15, 0.2) is 24.5 Å². The van der Waals surface area contributed by atoms with Gasteiger partial charge in [-0.2, -0.15) is 48.3 Å². The lowest BCUT2D eigenvalue weighted by atomic mass is 10.2. The van der Waals surface area contributed by atoms with E-state index in [1.807, 2.05) is 0 Å². The third-order valence-electron chi connectivity index (χ3n) is 4.96. The van der Waals surface area contributed by atoms with Gasteiger partial charge in [-0.1, -0.05) is 0 Å². The normalized spacial score (nSPS) is 18.1. The van der Waals surface area contributed by atoms with Crippen molar-refractivity contribution in [1.29, 1.82) is 0 Å². The molecule has 0 radical (unpaired) electrons. The van der Waals surface area contributed by atoms with Crippen LogP contribution in [0.3, 0.4) is 0 Å². The van der Waals surface area contributed by atoms with Crippen LogP contribution in [0.25, 0.3) is 17.0 Å². The Hall–Kier alpha value is -3.13. The minimum atomic E-state index is -6.17. The zero-order chi connectivity index (χ0) is 26.7. The SMILES string of the molecule is C[C@@H]1COCCN1c1cc(OS(=O)(=O)C(F)(F)F)c2cnc(-c3ccnn3S(=O)(=O)C(F)(F)F)n2n1. The maximum atomic E-state index is 13.1. The number of halogens is 6. The minimum absolute atomic E-state index is 0.144. The standard InChI is InChI=1S/C16H14F6N6O6S2/c1-9-8-33-5-4-26(9)13-6-12(34-36(31,32)16(20,21)22)11-7-23-14(27(11)25-13)10-2-3-24-28(10)35(29,30)15(17,18)19/h2-3,6-7,9H,4-5,8H2,1H3/t9-/m1/s1. The molecule has 0 aromatic carbocycles. The van der Waals surface area contributed by atoms with Gasteiger partial charge < -0.3 is 13.8 Å². The number of aromatic nitrogens is 5.